The van der Waals surface area contributed by atoms with Crippen LogP contribution in [0, 0.1) is 0 Å². The van der Waals surface area contributed by atoms with Crippen LogP contribution >= 0.6 is 11.6 Å². The number of hydrogen-bond donors (Lipinski definition) is 0. The maximum atomic E-state index is 5.37. The van der Waals surface area contributed by atoms with E-state index in [-0.39, 0.29) is 5.28 Å². The molecule has 1 heterocycles. The van der Waals surface area contributed by atoms with Gasteiger partial charge in [0, 0.05) is 0 Å². The molecule has 1 rings (SSSR count). The van der Waals surface area contributed by atoms with Crippen molar-refractivity contribution in [2.75, 3.05) is 0 Å². The summed E-state index contributed by atoms with van der Waals surface area (Å²) in [6.07, 6.45) is 1.36. The molecule has 3 nitrogen and oxygen atoms in total. The molecule has 2 radical (unpaired) electrons. The van der Waals surface area contributed by atoms with Gasteiger partial charge in [-0.3, -0.25) is 0 Å². The van der Waals surface area contributed by atoms with E-state index in [9.17, 15) is 0 Å². The average molecular weight is 189 g/mol. The molecule has 0 aliphatic carbocycles. The molecule has 1 aromatic heterocycles. The van der Waals surface area contributed by atoms with Crippen LogP contribution in [0.2, 0.25) is 5.28 Å². The zero-order valence-corrected chi connectivity index (χ0v) is 6.38. The predicted molar refractivity (Wildman–Crippen MR) is 30.2 cm³/mol. The van der Waals surface area contributed by atoms with Gasteiger partial charge in [-0.05, 0) is 0 Å². The van der Waals surface area contributed by atoms with E-state index in [1.165, 1.54) is 6.33 Å². The van der Waals surface area contributed by atoms with Crippen molar-refractivity contribution in [3.05, 3.63) is 11.6 Å². The number of nitrogens with zero attached hydrogens (tertiary/aromatic N) is 3. The van der Waals surface area contributed by atoms with Gasteiger partial charge in [-0.2, -0.15) is 0 Å². The molecule has 0 fully saturated rings. The van der Waals surface area contributed by atoms with E-state index in [0.29, 0.717) is 4.61 Å². The number of aromatic nitrogens is 3. The maximum absolute atomic E-state index is 5.37. The van der Waals surface area contributed by atoms with Gasteiger partial charge in [-0.1, -0.05) is 0 Å². The minimum absolute atomic E-state index is 0.232. The normalized spacial score (nSPS) is 9.25. The SMILES string of the molecule is Clc1ncnc([As])n1. The molecule has 0 aliphatic rings. The topological polar surface area (TPSA) is 38.7 Å². The zero-order valence-electron chi connectivity index (χ0n) is 3.74. The number of halogens is 1. The Morgan fingerprint density at radius 2 is 2.25 bits per heavy atom. The molecule has 0 aliphatic heterocycles. The number of hydrogen-bond acceptors (Lipinski definition) is 3. The molecule has 0 unspecified atom stereocenters. The van der Waals surface area contributed by atoms with Crippen LogP contribution in [0.25, 0.3) is 0 Å². The van der Waals surface area contributed by atoms with Crippen LogP contribution in [0.5, 0.6) is 0 Å². The van der Waals surface area contributed by atoms with Crippen LogP contribution in [0.1, 0.15) is 0 Å². The molecule has 0 spiro atoms. The Balaban J connectivity index is 3.08. The molecule has 40 valence electrons. The summed E-state index contributed by atoms with van der Waals surface area (Å²) >= 11 is 7.55. The number of rotatable bonds is 0. The van der Waals surface area contributed by atoms with Crippen molar-refractivity contribution >= 4 is 33.1 Å². The molecule has 1 aromatic rings. The van der Waals surface area contributed by atoms with Gasteiger partial charge in [-0.25, -0.2) is 0 Å². The molecule has 0 saturated carbocycles. The monoisotopic (exact) mass is 189 g/mol. The average Bonchev–Trinajstić information content (AvgIpc) is 1.64. The molecule has 5 heteroatoms. The first-order valence-electron chi connectivity index (χ1n) is 1.82. The first-order valence-corrected chi connectivity index (χ1v) is 3.14. The summed E-state index contributed by atoms with van der Waals surface area (Å²) in [6, 6.07) is 0. The van der Waals surface area contributed by atoms with Crippen molar-refractivity contribution in [1.82, 2.24) is 15.0 Å². The van der Waals surface area contributed by atoms with Crippen molar-refractivity contribution in [3.63, 3.8) is 0 Å². The van der Waals surface area contributed by atoms with Gasteiger partial charge in [-0.15, -0.1) is 0 Å². The summed E-state index contributed by atoms with van der Waals surface area (Å²) in [7, 11) is 0. The van der Waals surface area contributed by atoms with Gasteiger partial charge < -0.3 is 0 Å². The molecule has 0 N–H and O–H groups in total. The third kappa shape index (κ3) is 1.42. The van der Waals surface area contributed by atoms with Gasteiger partial charge in [0.05, 0.1) is 0 Å². The van der Waals surface area contributed by atoms with Crippen molar-refractivity contribution in [3.8, 4) is 0 Å². The van der Waals surface area contributed by atoms with Crippen molar-refractivity contribution < 1.29 is 0 Å². The Morgan fingerprint density at radius 3 is 2.62 bits per heavy atom. The summed E-state index contributed by atoms with van der Waals surface area (Å²) in [5.41, 5.74) is 0. The minimum atomic E-state index is 0.232. The predicted octanol–water partition coefficient (Wildman–Crippen LogP) is -0.681. The third-order valence-corrected chi connectivity index (χ3v) is 1.16. The van der Waals surface area contributed by atoms with Crippen LogP contribution in [-0.4, -0.2) is 31.8 Å². The second kappa shape index (κ2) is 2.42. The van der Waals surface area contributed by atoms with Gasteiger partial charge in [0.1, 0.15) is 0 Å². The van der Waals surface area contributed by atoms with Crippen molar-refractivity contribution in [1.29, 1.82) is 0 Å². The Kier molecular flexibility index (Phi) is 1.81. The van der Waals surface area contributed by atoms with Crippen LogP contribution < -0.4 is 4.61 Å². The molecule has 8 heavy (non-hydrogen) atoms. The first-order chi connectivity index (χ1) is 3.79. The summed E-state index contributed by atoms with van der Waals surface area (Å²) in [5, 5.41) is 0.232. The van der Waals surface area contributed by atoms with E-state index >= 15 is 0 Å². The fourth-order valence-electron chi connectivity index (χ4n) is 0.268. The van der Waals surface area contributed by atoms with E-state index in [0.717, 1.165) is 0 Å². The Bertz CT molecular complexity index is 174. The van der Waals surface area contributed by atoms with E-state index in [4.69, 9.17) is 11.6 Å². The quantitative estimate of drug-likeness (QED) is 0.508. The molecule has 0 aromatic carbocycles. The van der Waals surface area contributed by atoms with Crippen LogP contribution in [0.15, 0.2) is 6.33 Å². The van der Waals surface area contributed by atoms with Crippen LogP contribution in [-0.2, 0) is 0 Å². The van der Waals surface area contributed by atoms with Crippen LogP contribution in [0.3, 0.4) is 0 Å². The second-order valence-electron chi connectivity index (χ2n) is 1.05. The third-order valence-electron chi connectivity index (χ3n) is 0.530. The first kappa shape index (κ1) is 5.99. The Labute approximate surface area is 60.0 Å². The van der Waals surface area contributed by atoms with E-state index in [1.54, 1.807) is 0 Å². The fourth-order valence-corrected chi connectivity index (χ4v) is 0.828. The van der Waals surface area contributed by atoms with Gasteiger partial charge >= 0.3 is 59.6 Å². The summed E-state index contributed by atoms with van der Waals surface area (Å²) in [4.78, 5) is 11.0. The Morgan fingerprint density at radius 1 is 1.50 bits per heavy atom. The molecular weight excluding hydrogens is 188 g/mol. The standard InChI is InChI=1S/C3HAsClN3/c4-2-6-1-7-3(5)8-2/h1H. The summed E-state index contributed by atoms with van der Waals surface area (Å²) in [5.74, 6) is 0. The van der Waals surface area contributed by atoms with Crippen molar-refractivity contribution in [2.24, 2.45) is 0 Å². The Hall–Kier alpha value is -0.142. The summed E-state index contributed by atoms with van der Waals surface area (Å²) in [6.45, 7) is 0. The van der Waals surface area contributed by atoms with Crippen LogP contribution in [0.4, 0.5) is 0 Å². The van der Waals surface area contributed by atoms with E-state index in [2.05, 4.69) is 31.8 Å². The fraction of sp³-hybridized carbons (Fsp3) is 0. The van der Waals surface area contributed by atoms with E-state index < -0.39 is 0 Å². The summed E-state index contributed by atoms with van der Waals surface area (Å²) < 4.78 is 0.581. The molecule has 0 bridgehead atoms. The molecule has 0 atom stereocenters. The van der Waals surface area contributed by atoms with E-state index in [1.807, 2.05) is 0 Å². The van der Waals surface area contributed by atoms with Gasteiger partial charge in [0.2, 0.25) is 0 Å². The molecule has 0 amide bonds. The molecule has 0 saturated heterocycles. The molecular formula is C3HAsClN3. The van der Waals surface area contributed by atoms with Crippen molar-refractivity contribution in [2.45, 2.75) is 0 Å². The van der Waals surface area contributed by atoms with Gasteiger partial charge in [0.25, 0.3) is 0 Å². The van der Waals surface area contributed by atoms with Gasteiger partial charge in [0.15, 0.2) is 0 Å². The second-order valence-corrected chi connectivity index (χ2v) is 2.23. The zero-order chi connectivity index (χ0) is 5.98.